The lowest BCUT2D eigenvalue weighted by Crippen LogP contribution is -2.20. The average Bonchev–Trinajstić information content (AvgIpc) is 2.73. The number of hydrogen-bond donors (Lipinski definition) is 1. The molecule has 3 heteroatoms. The van der Waals surface area contributed by atoms with Crippen molar-refractivity contribution >= 4 is 0 Å². The van der Waals surface area contributed by atoms with Gasteiger partial charge in [-0.3, -0.25) is 0 Å². The molecule has 0 amide bonds. The Morgan fingerprint density at radius 3 is 2.15 bits per heavy atom. The fourth-order valence-electron chi connectivity index (χ4n) is 2.62. The zero-order chi connectivity index (χ0) is 18.9. The van der Waals surface area contributed by atoms with Crippen LogP contribution in [0.4, 0.5) is 0 Å². The summed E-state index contributed by atoms with van der Waals surface area (Å²) in [6, 6.07) is 25.6. The van der Waals surface area contributed by atoms with Crippen LogP contribution < -0.4 is 15.2 Å². The fourth-order valence-corrected chi connectivity index (χ4v) is 2.62. The van der Waals surface area contributed by atoms with Gasteiger partial charge in [-0.15, -0.1) is 0 Å². The number of methoxy groups -OCH3 is 1. The Bertz CT molecular complexity index is 891. The van der Waals surface area contributed by atoms with Crippen LogP contribution in [0, 0.1) is 11.8 Å². The summed E-state index contributed by atoms with van der Waals surface area (Å²) >= 11 is 0. The van der Waals surface area contributed by atoms with Gasteiger partial charge in [0.1, 0.15) is 18.1 Å². The molecule has 3 aromatic carbocycles. The Labute approximate surface area is 160 Å². The number of ether oxygens (including phenoxy) is 2. The maximum absolute atomic E-state index is 6.15. The molecule has 0 aliphatic carbocycles. The van der Waals surface area contributed by atoms with Gasteiger partial charge < -0.3 is 15.2 Å². The molecule has 3 nitrogen and oxygen atoms in total. The van der Waals surface area contributed by atoms with Gasteiger partial charge in [-0.2, -0.15) is 0 Å². The first-order valence-electron chi connectivity index (χ1n) is 8.90. The van der Waals surface area contributed by atoms with E-state index in [2.05, 4.69) is 24.0 Å². The van der Waals surface area contributed by atoms with Gasteiger partial charge in [0.2, 0.25) is 0 Å². The van der Waals surface area contributed by atoms with Gasteiger partial charge in [-0.05, 0) is 53.9 Å². The van der Waals surface area contributed by atoms with Crippen molar-refractivity contribution in [1.29, 1.82) is 0 Å². The van der Waals surface area contributed by atoms with Crippen molar-refractivity contribution in [2.24, 2.45) is 5.73 Å². The molecule has 0 aliphatic heterocycles. The molecule has 0 heterocycles. The van der Waals surface area contributed by atoms with E-state index in [4.69, 9.17) is 15.2 Å². The second-order valence-corrected chi connectivity index (χ2v) is 6.23. The van der Waals surface area contributed by atoms with Gasteiger partial charge in [-0.25, -0.2) is 0 Å². The Balaban J connectivity index is 1.52. The minimum absolute atomic E-state index is 0.219. The lowest BCUT2D eigenvalue weighted by Gasteiger charge is -2.08. The second-order valence-electron chi connectivity index (χ2n) is 6.23. The summed E-state index contributed by atoms with van der Waals surface area (Å²) in [6.45, 7) is 0.563. The molecule has 1 atom stereocenters. The highest BCUT2D eigenvalue weighted by Crippen LogP contribution is 2.15. The van der Waals surface area contributed by atoms with Crippen LogP contribution in [-0.4, -0.2) is 13.2 Å². The van der Waals surface area contributed by atoms with Crippen molar-refractivity contribution in [3.8, 4) is 23.3 Å². The van der Waals surface area contributed by atoms with Gasteiger partial charge in [-0.1, -0.05) is 54.3 Å². The van der Waals surface area contributed by atoms with Gasteiger partial charge in [0, 0.05) is 5.56 Å². The minimum Gasteiger partial charge on any atom is -0.497 e. The molecule has 0 saturated carbocycles. The Morgan fingerprint density at radius 1 is 0.815 bits per heavy atom. The Morgan fingerprint density at radius 2 is 1.48 bits per heavy atom. The maximum Gasteiger partial charge on any atom is 0.119 e. The van der Waals surface area contributed by atoms with E-state index in [-0.39, 0.29) is 6.04 Å². The number of benzene rings is 3. The molecule has 3 aromatic rings. The summed E-state index contributed by atoms with van der Waals surface area (Å²) in [5.41, 5.74) is 9.37. The highest BCUT2D eigenvalue weighted by Gasteiger charge is 2.02. The molecule has 0 radical (unpaired) electrons. The SMILES string of the molecule is COc1ccc(C#CC(N)Cc2ccc(OCc3ccccc3)cc2)cc1. The molecule has 2 N–H and O–H groups in total. The first-order valence-corrected chi connectivity index (χ1v) is 8.90. The number of hydrogen-bond acceptors (Lipinski definition) is 3. The predicted molar refractivity (Wildman–Crippen MR) is 109 cm³/mol. The summed E-state index contributed by atoms with van der Waals surface area (Å²) < 4.78 is 10.9. The Kier molecular flexibility index (Phi) is 6.51. The molecule has 0 aromatic heterocycles. The van der Waals surface area contributed by atoms with E-state index < -0.39 is 0 Å². The normalized spacial score (nSPS) is 11.2. The van der Waals surface area contributed by atoms with Crippen LogP contribution in [0.3, 0.4) is 0 Å². The van der Waals surface area contributed by atoms with E-state index >= 15 is 0 Å². The van der Waals surface area contributed by atoms with E-state index in [1.807, 2.05) is 66.7 Å². The summed E-state index contributed by atoms with van der Waals surface area (Å²) in [7, 11) is 1.65. The highest BCUT2D eigenvalue weighted by molar-refractivity contribution is 5.39. The zero-order valence-electron chi connectivity index (χ0n) is 15.4. The topological polar surface area (TPSA) is 44.5 Å². The number of nitrogens with two attached hydrogens (primary N) is 1. The van der Waals surface area contributed by atoms with Crippen molar-refractivity contribution in [3.05, 3.63) is 95.6 Å². The molecule has 1 unspecified atom stereocenters. The van der Waals surface area contributed by atoms with Gasteiger partial charge >= 0.3 is 0 Å². The van der Waals surface area contributed by atoms with Crippen LogP contribution in [0.15, 0.2) is 78.9 Å². The quantitative estimate of drug-likeness (QED) is 0.673. The molecule has 3 rings (SSSR count). The smallest absolute Gasteiger partial charge is 0.119 e. The highest BCUT2D eigenvalue weighted by atomic mass is 16.5. The standard InChI is InChI=1S/C24H23NO2/c1-26-23-13-8-19(9-14-23)7-12-22(25)17-20-10-15-24(16-11-20)27-18-21-5-3-2-4-6-21/h2-6,8-11,13-16,22H,17-18,25H2,1H3. The van der Waals surface area contributed by atoms with Crippen molar-refractivity contribution in [1.82, 2.24) is 0 Å². The first-order chi connectivity index (χ1) is 13.2. The third kappa shape index (κ3) is 5.91. The first kappa shape index (κ1) is 18.6. The van der Waals surface area contributed by atoms with Crippen LogP contribution in [0.5, 0.6) is 11.5 Å². The molecular formula is C24H23NO2. The zero-order valence-corrected chi connectivity index (χ0v) is 15.4. The van der Waals surface area contributed by atoms with Crippen molar-refractivity contribution in [3.63, 3.8) is 0 Å². The third-order valence-corrected chi connectivity index (χ3v) is 4.12. The lowest BCUT2D eigenvalue weighted by atomic mass is 10.1. The van der Waals surface area contributed by atoms with Gasteiger partial charge in [0.25, 0.3) is 0 Å². The fraction of sp³-hybridized carbons (Fsp3) is 0.167. The van der Waals surface area contributed by atoms with Gasteiger partial charge in [0.05, 0.1) is 13.2 Å². The van der Waals surface area contributed by atoms with Crippen LogP contribution in [-0.2, 0) is 13.0 Å². The van der Waals surface area contributed by atoms with Crippen LogP contribution in [0.2, 0.25) is 0 Å². The van der Waals surface area contributed by atoms with Crippen LogP contribution in [0.25, 0.3) is 0 Å². The van der Waals surface area contributed by atoms with E-state index in [0.29, 0.717) is 13.0 Å². The third-order valence-electron chi connectivity index (χ3n) is 4.12. The van der Waals surface area contributed by atoms with E-state index in [1.165, 1.54) is 0 Å². The molecule has 0 aliphatic rings. The summed E-state index contributed by atoms with van der Waals surface area (Å²) in [4.78, 5) is 0. The van der Waals surface area contributed by atoms with Crippen molar-refractivity contribution in [2.75, 3.05) is 7.11 Å². The monoisotopic (exact) mass is 357 g/mol. The molecular weight excluding hydrogens is 334 g/mol. The number of rotatable bonds is 6. The molecule has 27 heavy (non-hydrogen) atoms. The van der Waals surface area contributed by atoms with Crippen LogP contribution >= 0.6 is 0 Å². The van der Waals surface area contributed by atoms with Gasteiger partial charge in [0.15, 0.2) is 0 Å². The molecule has 0 saturated heterocycles. The lowest BCUT2D eigenvalue weighted by molar-refractivity contribution is 0.306. The van der Waals surface area contributed by atoms with Crippen molar-refractivity contribution < 1.29 is 9.47 Å². The summed E-state index contributed by atoms with van der Waals surface area (Å²) in [6.07, 6.45) is 0.697. The molecule has 0 fully saturated rings. The Hall–Kier alpha value is -3.22. The second kappa shape index (κ2) is 9.47. The summed E-state index contributed by atoms with van der Waals surface area (Å²) in [5.74, 6) is 7.88. The largest absolute Gasteiger partial charge is 0.497 e. The molecule has 136 valence electrons. The van der Waals surface area contributed by atoms with Crippen LogP contribution in [0.1, 0.15) is 16.7 Å². The van der Waals surface area contributed by atoms with E-state index in [1.54, 1.807) is 7.11 Å². The van der Waals surface area contributed by atoms with E-state index in [0.717, 1.165) is 28.2 Å². The predicted octanol–water partition coefficient (Wildman–Crippen LogP) is 4.20. The van der Waals surface area contributed by atoms with Crippen molar-refractivity contribution in [2.45, 2.75) is 19.1 Å². The van der Waals surface area contributed by atoms with E-state index in [9.17, 15) is 0 Å². The average molecular weight is 357 g/mol. The molecule has 0 spiro atoms. The maximum atomic E-state index is 6.15. The molecule has 0 bridgehead atoms. The minimum atomic E-state index is -0.219. The summed E-state index contributed by atoms with van der Waals surface area (Å²) in [5, 5.41) is 0.